The van der Waals surface area contributed by atoms with E-state index in [2.05, 4.69) is 22.1 Å². The van der Waals surface area contributed by atoms with Crippen LogP contribution in [-0.4, -0.2) is 20.7 Å². The predicted molar refractivity (Wildman–Crippen MR) is 103 cm³/mol. The van der Waals surface area contributed by atoms with E-state index in [0.717, 1.165) is 41.2 Å². The van der Waals surface area contributed by atoms with Crippen LogP contribution < -0.4 is 0 Å². The number of hydrogen-bond acceptors (Lipinski definition) is 4. The van der Waals surface area contributed by atoms with Crippen molar-refractivity contribution in [3.63, 3.8) is 0 Å². The minimum Gasteiger partial charge on any atom is -0.294 e. The number of Topliss-reactive ketones (excluding diaryl/α,β-unsaturated/α-hetero) is 1. The lowest BCUT2D eigenvalue weighted by Gasteiger charge is -2.17. The van der Waals surface area contributed by atoms with Crippen LogP contribution in [0.2, 0.25) is 0 Å². The zero-order valence-corrected chi connectivity index (χ0v) is 15.5. The fraction of sp³-hybridized carbons (Fsp3) is 0.364. The van der Waals surface area contributed by atoms with Gasteiger partial charge in [0, 0.05) is 29.2 Å². The van der Waals surface area contributed by atoms with E-state index in [4.69, 9.17) is 4.98 Å². The van der Waals surface area contributed by atoms with Crippen molar-refractivity contribution in [3.05, 3.63) is 53.8 Å². The Hall–Kier alpha value is -2.62. The van der Waals surface area contributed by atoms with Crippen LogP contribution in [0.1, 0.15) is 57.1 Å². The Labute approximate surface area is 154 Å². The molecule has 0 aromatic carbocycles. The van der Waals surface area contributed by atoms with E-state index in [-0.39, 0.29) is 5.78 Å². The molecule has 0 N–H and O–H groups in total. The van der Waals surface area contributed by atoms with E-state index < -0.39 is 5.41 Å². The molecule has 4 rings (SSSR count). The molecule has 0 atom stereocenters. The van der Waals surface area contributed by atoms with Crippen molar-refractivity contribution in [3.8, 4) is 11.3 Å². The molecule has 0 aliphatic heterocycles. The zero-order chi connectivity index (χ0) is 18.3. The van der Waals surface area contributed by atoms with Gasteiger partial charge in [0.15, 0.2) is 5.78 Å². The lowest BCUT2D eigenvalue weighted by molar-refractivity contribution is -0.120. The first-order valence-corrected chi connectivity index (χ1v) is 9.20. The first kappa shape index (κ1) is 16.8. The first-order valence-electron chi connectivity index (χ1n) is 9.20. The van der Waals surface area contributed by atoms with Crippen molar-refractivity contribution in [2.75, 3.05) is 0 Å². The lowest BCUT2D eigenvalue weighted by atomic mass is 9.86. The number of ketones is 1. The highest BCUT2D eigenvalue weighted by molar-refractivity contribution is 6.23. The number of hydrogen-bond donors (Lipinski definition) is 0. The van der Waals surface area contributed by atoms with Crippen LogP contribution in [0.5, 0.6) is 0 Å². The Kier molecular flexibility index (Phi) is 4.06. The van der Waals surface area contributed by atoms with E-state index in [9.17, 15) is 4.79 Å². The van der Waals surface area contributed by atoms with Gasteiger partial charge in [-0.25, -0.2) is 4.98 Å². The van der Waals surface area contributed by atoms with Gasteiger partial charge >= 0.3 is 0 Å². The fourth-order valence-corrected chi connectivity index (χ4v) is 3.49. The maximum Gasteiger partial charge on any atom is 0.170 e. The van der Waals surface area contributed by atoms with Gasteiger partial charge in [-0.2, -0.15) is 0 Å². The second kappa shape index (κ2) is 6.27. The third kappa shape index (κ3) is 3.00. The molecular weight excluding hydrogens is 322 g/mol. The Bertz CT molecular complexity index is 948. The van der Waals surface area contributed by atoms with Crippen LogP contribution in [0.15, 0.2) is 36.7 Å². The molecule has 132 valence electrons. The number of pyridine rings is 1. The summed E-state index contributed by atoms with van der Waals surface area (Å²) in [7, 11) is 0. The van der Waals surface area contributed by atoms with Crippen molar-refractivity contribution >= 4 is 16.9 Å². The molecule has 26 heavy (non-hydrogen) atoms. The summed E-state index contributed by atoms with van der Waals surface area (Å²) in [6.45, 7) is 5.82. The van der Waals surface area contributed by atoms with Crippen molar-refractivity contribution < 1.29 is 4.79 Å². The first-order chi connectivity index (χ1) is 12.4. The summed E-state index contributed by atoms with van der Waals surface area (Å²) in [6.07, 6.45) is 11.9. The van der Waals surface area contributed by atoms with E-state index in [1.54, 1.807) is 6.20 Å². The topological polar surface area (TPSA) is 55.7 Å². The standard InChI is InChI=1S/C22H23N3O/c1-22(2,3)21(26)16-8-9-17-20(16)25-19(13-24-17)15-10-11-23-18(12-15)14-6-4-5-7-14/h6,8,10-13H,4-5,7,9H2,1-3H3. The second-order valence-electron chi connectivity index (χ2n) is 8.00. The Morgan fingerprint density at radius 2 is 1.96 bits per heavy atom. The van der Waals surface area contributed by atoms with Gasteiger partial charge in [-0.1, -0.05) is 32.9 Å². The highest BCUT2D eigenvalue weighted by Gasteiger charge is 2.31. The third-order valence-corrected chi connectivity index (χ3v) is 4.95. The molecular formula is C22H23N3O. The van der Waals surface area contributed by atoms with Gasteiger partial charge in [-0.3, -0.25) is 14.8 Å². The largest absolute Gasteiger partial charge is 0.294 e. The fourth-order valence-electron chi connectivity index (χ4n) is 3.49. The molecule has 0 bridgehead atoms. The minimum atomic E-state index is -0.427. The van der Waals surface area contributed by atoms with Crippen LogP contribution in [-0.2, 0) is 11.2 Å². The molecule has 2 aromatic rings. The van der Waals surface area contributed by atoms with Gasteiger partial charge in [0.2, 0.25) is 0 Å². The summed E-state index contributed by atoms with van der Waals surface area (Å²) >= 11 is 0. The monoisotopic (exact) mass is 345 g/mol. The van der Waals surface area contributed by atoms with Crippen LogP contribution in [0.25, 0.3) is 22.4 Å². The molecule has 0 spiro atoms. The molecule has 4 heteroatoms. The molecule has 2 heterocycles. The van der Waals surface area contributed by atoms with Crippen molar-refractivity contribution in [1.82, 2.24) is 15.0 Å². The number of fused-ring (bicyclic) bond motifs is 1. The molecule has 0 saturated heterocycles. The highest BCUT2D eigenvalue weighted by Crippen LogP contribution is 2.33. The highest BCUT2D eigenvalue weighted by atomic mass is 16.1. The van der Waals surface area contributed by atoms with Gasteiger partial charge in [0.1, 0.15) is 0 Å². The van der Waals surface area contributed by atoms with Crippen LogP contribution in [0.4, 0.5) is 0 Å². The molecule has 0 unspecified atom stereocenters. The number of allylic oxidation sites excluding steroid dienone is 4. The predicted octanol–water partition coefficient (Wildman–Crippen LogP) is 4.66. The average molecular weight is 345 g/mol. The van der Waals surface area contributed by atoms with Gasteiger partial charge in [-0.05, 0) is 37.0 Å². The summed E-state index contributed by atoms with van der Waals surface area (Å²) < 4.78 is 0. The molecule has 0 saturated carbocycles. The van der Waals surface area contributed by atoms with Crippen molar-refractivity contribution in [1.29, 1.82) is 0 Å². The maximum atomic E-state index is 12.8. The Balaban J connectivity index is 1.71. The van der Waals surface area contributed by atoms with E-state index in [1.807, 2.05) is 39.1 Å². The molecule has 0 radical (unpaired) electrons. The number of carbonyl (C=O) groups excluding carboxylic acids is 1. The quantitative estimate of drug-likeness (QED) is 0.812. The summed E-state index contributed by atoms with van der Waals surface area (Å²) in [4.78, 5) is 26.6. The summed E-state index contributed by atoms with van der Waals surface area (Å²) in [5.41, 5.74) is 6.01. The number of aromatic nitrogens is 3. The van der Waals surface area contributed by atoms with Crippen molar-refractivity contribution in [2.24, 2.45) is 5.41 Å². The van der Waals surface area contributed by atoms with Crippen LogP contribution >= 0.6 is 0 Å². The summed E-state index contributed by atoms with van der Waals surface area (Å²) in [5.74, 6) is 0.120. The second-order valence-corrected chi connectivity index (χ2v) is 8.00. The minimum absolute atomic E-state index is 0.120. The smallest absolute Gasteiger partial charge is 0.170 e. The van der Waals surface area contributed by atoms with E-state index >= 15 is 0 Å². The molecule has 2 aromatic heterocycles. The summed E-state index contributed by atoms with van der Waals surface area (Å²) in [6, 6.07) is 4.04. The van der Waals surface area contributed by atoms with Gasteiger partial charge in [0.05, 0.1) is 29.0 Å². The molecule has 0 fully saturated rings. The SMILES string of the molecule is CC(C)(C)C(=O)C1=CCc2ncc(-c3ccnc(C4=CCCC4)c3)nc21. The molecule has 2 aliphatic rings. The average Bonchev–Trinajstić information content (AvgIpc) is 3.29. The van der Waals surface area contributed by atoms with Gasteiger partial charge < -0.3 is 0 Å². The normalized spacial score (nSPS) is 16.3. The van der Waals surface area contributed by atoms with Gasteiger partial charge in [-0.15, -0.1) is 0 Å². The molecule has 4 nitrogen and oxygen atoms in total. The Morgan fingerprint density at radius 3 is 2.69 bits per heavy atom. The van der Waals surface area contributed by atoms with Crippen molar-refractivity contribution in [2.45, 2.75) is 46.5 Å². The number of rotatable bonds is 3. The van der Waals surface area contributed by atoms with Gasteiger partial charge in [0.25, 0.3) is 0 Å². The van der Waals surface area contributed by atoms with E-state index in [1.165, 1.54) is 12.0 Å². The number of nitrogens with zero attached hydrogens (tertiary/aromatic N) is 3. The third-order valence-electron chi connectivity index (χ3n) is 4.95. The van der Waals surface area contributed by atoms with E-state index in [0.29, 0.717) is 12.0 Å². The number of carbonyl (C=O) groups is 1. The molecule has 0 amide bonds. The maximum absolute atomic E-state index is 12.8. The van der Waals surface area contributed by atoms with Crippen LogP contribution in [0.3, 0.4) is 0 Å². The lowest BCUT2D eigenvalue weighted by Crippen LogP contribution is -2.21. The summed E-state index contributed by atoms with van der Waals surface area (Å²) in [5, 5.41) is 0. The Morgan fingerprint density at radius 1 is 1.12 bits per heavy atom. The molecule has 2 aliphatic carbocycles. The van der Waals surface area contributed by atoms with Crippen LogP contribution in [0, 0.1) is 5.41 Å². The zero-order valence-electron chi connectivity index (χ0n) is 15.5.